The minimum absolute atomic E-state index is 0.146. The molecule has 7 nitrogen and oxygen atoms in total. The lowest BCUT2D eigenvalue weighted by molar-refractivity contribution is -0.118. The van der Waals surface area contributed by atoms with Crippen LogP contribution in [0.1, 0.15) is 37.3 Å². The molecule has 0 saturated heterocycles. The molecule has 1 aliphatic rings. The van der Waals surface area contributed by atoms with Gasteiger partial charge in [-0.2, -0.15) is 13.5 Å². The molecule has 2 unspecified atom stereocenters. The predicted octanol–water partition coefficient (Wildman–Crippen LogP) is 5.00. The van der Waals surface area contributed by atoms with E-state index < -0.39 is 36.6 Å². The van der Waals surface area contributed by atoms with E-state index >= 15 is 0 Å². The van der Waals surface area contributed by atoms with Crippen LogP contribution in [0.3, 0.4) is 0 Å². The Morgan fingerprint density at radius 2 is 2.03 bits per heavy atom. The zero-order chi connectivity index (χ0) is 22.2. The van der Waals surface area contributed by atoms with Gasteiger partial charge in [0.2, 0.25) is 11.8 Å². The number of thiazole rings is 1. The SMILES string of the molecule is O=C(Nc1ncc(Cl)s1)C(c1ccc(-c2nnnn2C(F)F)cc1)C1CCC(F)(F)C1. The maximum absolute atomic E-state index is 13.9. The van der Waals surface area contributed by atoms with Crippen LogP contribution in [-0.2, 0) is 4.79 Å². The smallest absolute Gasteiger partial charge is 0.301 e. The van der Waals surface area contributed by atoms with Crippen LogP contribution in [0.5, 0.6) is 0 Å². The largest absolute Gasteiger partial charge is 0.336 e. The van der Waals surface area contributed by atoms with Crippen molar-refractivity contribution in [2.24, 2.45) is 5.92 Å². The Bertz CT molecular complexity index is 1070. The number of carbonyl (C=O) groups excluding carboxylic acids is 1. The van der Waals surface area contributed by atoms with Gasteiger partial charge >= 0.3 is 6.55 Å². The molecule has 31 heavy (non-hydrogen) atoms. The van der Waals surface area contributed by atoms with E-state index in [0.29, 0.717) is 20.1 Å². The van der Waals surface area contributed by atoms with Gasteiger partial charge in [-0.1, -0.05) is 47.2 Å². The van der Waals surface area contributed by atoms with E-state index in [2.05, 4.69) is 25.8 Å². The molecule has 164 valence electrons. The number of nitrogens with one attached hydrogen (secondary N) is 1. The predicted molar refractivity (Wildman–Crippen MR) is 105 cm³/mol. The molecule has 0 bridgehead atoms. The molecule has 1 fully saturated rings. The van der Waals surface area contributed by atoms with Gasteiger partial charge in [0, 0.05) is 18.4 Å². The van der Waals surface area contributed by atoms with Crippen molar-refractivity contribution < 1.29 is 22.4 Å². The first-order valence-corrected chi connectivity index (χ1v) is 10.4. The Labute approximate surface area is 182 Å². The van der Waals surface area contributed by atoms with Crippen molar-refractivity contribution in [3.05, 3.63) is 40.4 Å². The Hall–Kier alpha value is -2.60. The fraction of sp³-hybridized carbons (Fsp3) is 0.389. The summed E-state index contributed by atoms with van der Waals surface area (Å²) in [5.41, 5.74) is 0.777. The Morgan fingerprint density at radius 3 is 2.61 bits per heavy atom. The molecule has 2 atom stereocenters. The second-order valence-electron chi connectivity index (χ2n) is 7.14. The summed E-state index contributed by atoms with van der Waals surface area (Å²) in [6.45, 7) is -2.92. The Balaban J connectivity index is 1.63. The van der Waals surface area contributed by atoms with Crippen LogP contribution in [0.2, 0.25) is 4.34 Å². The molecule has 0 spiro atoms. The number of halogens is 5. The zero-order valence-corrected chi connectivity index (χ0v) is 17.3. The van der Waals surface area contributed by atoms with Crippen LogP contribution < -0.4 is 5.32 Å². The highest BCUT2D eigenvalue weighted by Crippen LogP contribution is 2.46. The normalized spacial score (nSPS) is 19.0. The van der Waals surface area contributed by atoms with Gasteiger partial charge in [-0.3, -0.25) is 4.79 Å². The average molecular weight is 475 g/mol. The minimum atomic E-state index is -2.92. The summed E-state index contributed by atoms with van der Waals surface area (Å²) in [6, 6.07) is 6.03. The minimum Gasteiger partial charge on any atom is -0.301 e. The van der Waals surface area contributed by atoms with Gasteiger partial charge in [-0.25, -0.2) is 13.8 Å². The Kier molecular flexibility index (Phi) is 5.93. The topological polar surface area (TPSA) is 85.6 Å². The maximum Gasteiger partial charge on any atom is 0.336 e. The number of aromatic nitrogens is 5. The van der Waals surface area contributed by atoms with Gasteiger partial charge in [0.1, 0.15) is 4.34 Å². The fourth-order valence-electron chi connectivity index (χ4n) is 3.76. The summed E-state index contributed by atoms with van der Waals surface area (Å²) in [5, 5.41) is 13.0. The highest BCUT2D eigenvalue weighted by Gasteiger charge is 2.45. The number of tetrazole rings is 1. The van der Waals surface area contributed by atoms with Crippen LogP contribution in [0.15, 0.2) is 30.5 Å². The Morgan fingerprint density at radius 1 is 1.29 bits per heavy atom. The number of alkyl halides is 4. The lowest BCUT2D eigenvalue weighted by atomic mass is 9.83. The third-order valence-corrected chi connectivity index (χ3v) is 6.14. The van der Waals surface area contributed by atoms with Crippen LogP contribution in [0.25, 0.3) is 11.4 Å². The molecular formula is C18H15ClF4N6OS. The number of benzene rings is 1. The lowest BCUT2D eigenvalue weighted by Gasteiger charge is -2.23. The molecule has 2 heterocycles. The van der Waals surface area contributed by atoms with Crippen LogP contribution in [0, 0.1) is 5.92 Å². The van der Waals surface area contributed by atoms with Gasteiger partial charge in [-0.15, -0.1) is 5.10 Å². The molecular weight excluding hydrogens is 460 g/mol. The standard InChI is InChI=1S/C18H15ClF4N6OS/c19-12-8-24-17(31-12)25-15(30)13(11-5-6-18(22,23)7-11)9-1-3-10(4-2-9)14-26-27-28-29(14)16(20)21/h1-4,8,11,13,16H,5-7H2,(H,24,25,30). The van der Waals surface area contributed by atoms with Gasteiger partial charge in [-0.05, 0) is 28.3 Å². The van der Waals surface area contributed by atoms with Gasteiger partial charge < -0.3 is 5.32 Å². The summed E-state index contributed by atoms with van der Waals surface area (Å²) >= 11 is 6.89. The molecule has 1 N–H and O–H groups in total. The van der Waals surface area contributed by atoms with Crippen molar-refractivity contribution in [2.75, 3.05) is 5.32 Å². The number of amides is 1. The fourth-order valence-corrected chi connectivity index (χ4v) is 4.57. The van der Waals surface area contributed by atoms with Crippen molar-refractivity contribution in [3.63, 3.8) is 0 Å². The van der Waals surface area contributed by atoms with Crippen LogP contribution in [0.4, 0.5) is 22.7 Å². The third-order valence-electron chi connectivity index (χ3n) is 5.11. The number of hydrogen-bond acceptors (Lipinski definition) is 6. The number of hydrogen-bond donors (Lipinski definition) is 1. The van der Waals surface area contributed by atoms with Crippen LogP contribution >= 0.6 is 22.9 Å². The number of carbonyl (C=O) groups is 1. The van der Waals surface area contributed by atoms with E-state index in [9.17, 15) is 22.4 Å². The molecule has 0 aliphatic heterocycles. The first-order chi connectivity index (χ1) is 14.7. The first kappa shape index (κ1) is 21.6. The zero-order valence-electron chi connectivity index (χ0n) is 15.7. The number of nitrogens with zero attached hydrogens (tertiary/aromatic N) is 5. The van der Waals surface area contributed by atoms with E-state index in [0.717, 1.165) is 11.3 Å². The third kappa shape index (κ3) is 4.69. The first-order valence-electron chi connectivity index (χ1n) is 9.20. The van der Waals surface area contributed by atoms with Gasteiger partial charge in [0.25, 0.3) is 0 Å². The summed E-state index contributed by atoms with van der Waals surface area (Å²) in [4.78, 5) is 17.0. The molecule has 1 aromatic carbocycles. The molecule has 1 saturated carbocycles. The molecule has 4 rings (SSSR count). The molecule has 13 heteroatoms. The highest BCUT2D eigenvalue weighted by molar-refractivity contribution is 7.19. The molecule has 3 aromatic rings. The van der Waals surface area contributed by atoms with E-state index in [1.807, 2.05) is 0 Å². The average Bonchev–Trinajstić information content (AvgIpc) is 3.43. The lowest BCUT2D eigenvalue weighted by Crippen LogP contribution is -2.27. The second kappa shape index (κ2) is 8.50. The van der Waals surface area contributed by atoms with E-state index in [4.69, 9.17) is 11.6 Å². The van der Waals surface area contributed by atoms with Crippen molar-refractivity contribution in [2.45, 2.75) is 37.7 Å². The quantitative estimate of drug-likeness (QED) is 0.508. The van der Waals surface area contributed by atoms with Crippen molar-refractivity contribution in [3.8, 4) is 11.4 Å². The molecule has 2 aromatic heterocycles. The molecule has 1 aliphatic carbocycles. The van der Waals surface area contributed by atoms with Crippen LogP contribution in [-0.4, -0.2) is 37.0 Å². The van der Waals surface area contributed by atoms with Gasteiger partial charge in [0.15, 0.2) is 11.0 Å². The highest BCUT2D eigenvalue weighted by atomic mass is 35.5. The van der Waals surface area contributed by atoms with Crippen molar-refractivity contribution >= 4 is 34.0 Å². The van der Waals surface area contributed by atoms with E-state index in [1.54, 1.807) is 0 Å². The van der Waals surface area contributed by atoms with Crippen molar-refractivity contribution in [1.82, 2.24) is 25.2 Å². The number of anilines is 1. The summed E-state index contributed by atoms with van der Waals surface area (Å²) in [7, 11) is 0. The summed E-state index contributed by atoms with van der Waals surface area (Å²) < 4.78 is 54.6. The van der Waals surface area contributed by atoms with E-state index in [-0.39, 0.29) is 23.8 Å². The molecule has 1 amide bonds. The summed E-state index contributed by atoms with van der Waals surface area (Å²) in [5.74, 6) is -4.95. The monoisotopic (exact) mass is 474 g/mol. The summed E-state index contributed by atoms with van der Waals surface area (Å²) in [6.07, 6.45) is 0.832. The molecule has 0 radical (unpaired) electrons. The maximum atomic E-state index is 13.9. The second-order valence-corrected chi connectivity index (χ2v) is 8.80. The van der Waals surface area contributed by atoms with Gasteiger partial charge in [0.05, 0.1) is 12.1 Å². The van der Waals surface area contributed by atoms with E-state index in [1.165, 1.54) is 30.5 Å². The number of rotatable bonds is 6. The van der Waals surface area contributed by atoms with Crippen molar-refractivity contribution in [1.29, 1.82) is 0 Å².